The number of benzene rings is 2. The molecule has 0 aliphatic heterocycles. The third-order valence-corrected chi connectivity index (χ3v) is 4.23. The van der Waals surface area contributed by atoms with Gasteiger partial charge in [-0.3, -0.25) is 0 Å². The first-order valence-electron chi connectivity index (χ1n) is 5.31. The van der Waals surface area contributed by atoms with Crippen molar-refractivity contribution in [1.82, 2.24) is 0 Å². The van der Waals surface area contributed by atoms with E-state index < -0.39 is 33.0 Å². The van der Waals surface area contributed by atoms with Crippen molar-refractivity contribution in [3.63, 3.8) is 0 Å². The molecule has 2 rings (SSSR count). The SMILES string of the molecule is O=S(=O)(Cc1cccc(F)c1F)c1ccc(F)cc1. The number of halogens is 3. The fourth-order valence-electron chi connectivity index (χ4n) is 1.59. The Balaban J connectivity index is 2.36. The molecule has 0 saturated carbocycles. The molecule has 0 aromatic heterocycles. The van der Waals surface area contributed by atoms with Gasteiger partial charge in [-0.25, -0.2) is 21.6 Å². The Morgan fingerprint density at radius 3 is 2.16 bits per heavy atom. The zero-order valence-corrected chi connectivity index (χ0v) is 10.4. The van der Waals surface area contributed by atoms with Crippen LogP contribution in [0.4, 0.5) is 13.2 Å². The lowest BCUT2D eigenvalue weighted by Gasteiger charge is -2.06. The summed E-state index contributed by atoms with van der Waals surface area (Å²) in [7, 11) is -3.84. The molecule has 0 unspecified atom stereocenters. The van der Waals surface area contributed by atoms with E-state index in [4.69, 9.17) is 0 Å². The summed E-state index contributed by atoms with van der Waals surface area (Å²) in [5, 5.41) is 0. The second kappa shape index (κ2) is 5.05. The molecule has 0 aliphatic rings. The Labute approximate surface area is 108 Å². The predicted molar refractivity (Wildman–Crippen MR) is 63.6 cm³/mol. The van der Waals surface area contributed by atoms with Gasteiger partial charge in [0.1, 0.15) is 5.82 Å². The molecule has 2 aromatic rings. The second-order valence-corrected chi connectivity index (χ2v) is 5.92. The molecule has 2 nitrogen and oxygen atoms in total. The van der Waals surface area contributed by atoms with E-state index >= 15 is 0 Å². The number of hydrogen-bond acceptors (Lipinski definition) is 2. The van der Waals surface area contributed by atoms with Crippen molar-refractivity contribution in [2.45, 2.75) is 10.6 Å². The van der Waals surface area contributed by atoms with Crippen LogP contribution in [0, 0.1) is 17.5 Å². The van der Waals surface area contributed by atoms with E-state index in [-0.39, 0.29) is 10.5 Å². The van der Waals surface area contributed by atoms with Crippen molar-refractivity contribution in [3.8, 4) is 0 Å². The van der Waals surface area contributed by atoms with Crippen molar-refractivity contribution < 1.29 is 21.6 Å². The third-order valence-electron chi connectivity index (χ3n) is 2.55. The van der Waals surface area contributed by atoms with Gasteiger partial charge in [0.2, 0.25) is 0 Å². The molecule has 0 N–H and O–H groups in total. The van der Waals surface area contributed by atoms with Crippen LogP contribution >= 0.6 is 0 Å². The maximum Gasteiger partial charge on any atom is 0.182 e. The summed E-state index contributed by atoms with van der Waals surface area (Å²) in [5.74, 6) is -3.54. The van der Waals surface area contributed by atoms with Gasteiger partial charge in [-0.1, -0.05) is 12.1 Å². The van der Waals surface area contributed by atoms with E-state index in [9.17, 15) is 21.6 Å². The zero-order chi connectivity index (χ0) is 14.0. The Bertz CT molecular complexity index is 694. The summed E-state index contributed by atoms with van der Waals surface area (Å²) in [6, 6.07) is 7.49. The van der Waals surface area contributed by atoms with Crippen molar-refractivity contribution in [1.29, 1.82) is 0 Å². The summed E-state index contributed by atoms with van der Waals surface area (Å²) in [5.41, 5.74) is -0.260. The fraction of sp³-hybridized carbons (Fsp3) is 0.0769. The summed E-state index contributed by atoms with van der Waals surface area (Å²) in [4.78, 5) is -0.141. The normalized spacial score (nSPS) is 11.5. The highest BCUT2D eigenvalue weighted by molar-refractivity contribution is 7.90. The molecule has 0 aliphatic carbocycles. The molecule has 2 aromatic carbocycles. The minimum absolute atomic E-state index is 0.141. The van der Waals surface area contributed by atoms with Gasteiger partial charge in [-0.2, -0.15) is 0 Å². The second-order valence-electron chi connectivity index (χ2n) is 3.93. The van der Waals surface area contributed by atoms with Crippen molar-refractivity contribution >= 4 is 9.84 Å². The Morgan fingerprint density at radius 1 is 0.895 bits per heavy atom. The third kappa shape index (κ3) is 2.96. The van der Waals surface area contributed by atoms with E-state index in [2.05, 4.69) is 0 Å². The largest absolute Gasteiger partial charge is 0.223 e. The van der Waals surface area contributed by atoms with E-state index in [1.54, 1.807) is 0 Å². The average molecular weight is 286 g/mol. The molecular formula is C13H9F3O2S. The average Bonchev–Trinajstić information content (AvgIpc) is 2.35. The molecule has 0 bridgehead atoms. The first-order chi connectivity index (χ1) is 8.90. The molecule has 0 saturated heterocycles. The molecule has 0 spiro atoms. The number of hydrogen-bond donors (Lipinski definition) is 0. The van der Waals surface area contributed by atoms with Gasteiger partial charge in [-0.15, -0.1) is 0 Å². The van der Waals surface area contributed by atoms with Crippen LogP contribution in [0.2, 0.25) is 0 Å². The molecule has 0 radical (unpaired) electrons. The van der Waals surface area contributed by atoms with Gasteiger partial charge in [0.25, 0.3) is 0 Å². The molecule has 19 heavy (non-hydrogen) atoms. The first-order valence-corrected chi connectivity index (χ1v) is 6.96. The summed E-state index contributed by atoms with van der Waals surface area (Å²) < 4.78 is 63.0. The quantitative estimate of drug-likeness (QED) is 0.813. The minimum atomic E-state index is -3.84. The summed E-state index contributed by atoms with van der Waals surface area (Å²) >= 11 is 0. The predicted octanol–water partition coefficient (Wildman–Crippen LogP) is 3.08. The minimum Gasteiger partial charge on any atom is -0.223 e. The van der Waals surface area contributed by atoms with Crippen LogP contribution in [0.15, 0.2) is 47.4 Å². The summed E-state index contributed by atoms with van der Waals surface area (Å²) in [6.07, 6.45) is 0. The van der Waals surface area contributed by atoms with Crippen LogP contribution in [0.3, 0.4) is 0 Å². The Kier molecular flexibility index (Phi) is 3.61. The van der Waals surface area contributed by atoms with Gasteiger partial charge in [0, 0.05) is 5.56 Å². The fourth-order valence-corrected chi connectivity index (χ4v) is 2.94. The molecule has 0 fully saturated rings. The van der Waals surface area contributed by atoms with Gasteiger partial charge in [0.15, 0.2) is 21.5 Å². The van der Waals surface area contributed by atoms with Crippen LogP contribution in [0.5, 0.6) is 0 Å². The van der Waals surface area contributed by atoms with Gasteiger partial charge in [0.05, 0.1) is 10.6 Å². The van der Waals surface area contributed by atoms with Crippen molar-refractivity contribution in [2.24, 2.45) is 0 Å². The van der Waals surface area contributed by atoms with Crippen molar-refractivity contribution in [3.05, 3.63) is 65.5 Å². The van der Waals surface area contributed by atoms with Crippen LogP contribution in [-0.4, -0.2) is 8.42 Å². The van der Waals surface area contributed by atoms with Crippen LogP contribution < -0.4 is 0 Å². The standard InChI is InChI=1S/C13H9F3O2S/c14-10-4-6-11(7-5-10)19(17,18)8-9-2-1-3-12(15)13(9)16/h1-7H,8H2. The Hall–Kier alpha value is -1.82. The molecule has 6 heteroatoms. The molecular weight excluding hydrogens is 277 g/mol. The van der Waals surface area contributed by atoms with E-state index in [1.165, 1.54) is 12.1 Å². The van der Waals surface area contributed by atoms with E-state index in [0.29, 0.717) is 0 Å². The van der Waals surface area contributed by atoms with Crippen molar-refractivity contribution in [2.75, 3.05) is 0 Å². The molecule has 0 heterocycles. The van der Waals surface area contributed by atoms with Crippen LogP contribution in [-0.2, 0) is 15.6 Å². The van der Waals surface area contributed by atoms with Gasteiger partial charge in [-0.05, 0) is 30.3 Å². The zero-order valence-electron chi connectivity index (χ0n) is 9.61. The lowest BCUT2D eigenvalue weighted by molar-refractivity contribution is 0.501. The highest BCUT2D eigenvalue weighted by Gasteiger charge is 2.19. The lowest BCUT2D eigenvalue weighted by atomic mass is 10.2. The summed E-state index contributed by atoms with van der Waals surface area (Å²) in [6.45, 7) is 0. The Morgan fingerprint density at radius 2 is 1.53 bits per heavy atom. The topological polar surface area (TPSA) is 34.1 Å². The van der Waals surface area contributed by atoms with E-state index in [1.807, 2.05) is 0 Å². The highest BCUT2D eigenvalue weighted by atomic mass is 32.2. The number of sulfone groups is 1. The van der Waals surface area contributed by atoms with Gasteiger partial charge < -0.3 is 0 Å². The highest BCUT2D eigenvalue weighted by Crippen LogP contribution is 2.20. The smallest absolute Gasteiger partial charge is 0.182 e. The maximum atomic E-state index is 13.4. The maximum absolute atomic E-state index is 13.4. The molecule has 0 amide bonds. The number of rotatable bonds is 3. The van der Waals surface area contributed by atoms with Crippen LogP contribution in [0.1, 0.15) is 5.56 Å². The first kappa shape index (κ1) is 13.6. The molecule has 0 atom stereocenters. The molecule has 100 valence electrons. The monoisotopic (exact) mass is 286 g/mol. The van der Waals surface area contributed by atoms with E-state index in [0.717, 1.165) is 30.3 Å². The van der Waals surface area contributed by atoms with Gasteiger partial charge >= 0.3 is 0 Å². The van der Waals surface area contributed by atoms with Crippen LogP contribution in [0.25, 0.3) is 0 Å². The lowest BCUT2D eigenvalue weighted by Crippen LogP contribution is -2.07.